The van der Waals surface area contributed by atoms with Gasteiger partial charge in [-0.25, -0.2) is 4.79 Å². The molecule has 0 aliphatic carbocycles. The van der Waals surface area contributed by atoms with E-state index < -0.39 is 0 Å². The molecule has 0 aromatic heterocycles. The maximum atomic E-state index is 11.4. The van der Waals surface area contributed by atoms with Gasteiger partial charge in [0.25, 0.3) is 0 Å². The molecule has 0 atom stereocenters. The molecular weight excluding hydrogens is 204 g/mol. The van der Waals surface area contributed by atoms with E-state index in [1.807, 2.05) is 12.1 Å². The molecule has 1 aromatic carbocycles. The fourth-order valence-electron chi connectivity index (χ4n) is 1.61. The number of ether oxygens (including phenoxy) is 1. The number of benzene rings is 1. The highest BCUT2D eigenvalue weighted by Gasteiger charge is 2.08. The molecular formula is C13H18O3. The van der Waals surface area contributed by atoms with Crippen LogP contribution in [0, 0.1) is 0 Å². The van der Waals surface area contributed by atoms with E-state index in [0.717, 1.165) is 30.4 Å². The maximum Gasteiger partial charge on any atom is 0.337 e. The molecule has 0 amide bonds. The van der Waals surface area contributed by atoms with Crippen molar-refractivity contribution in [3.63, 3.8) is 0 Å². The Labute approximate surface area is 96.1 Å². The van der Waals surface area contributed by atoms with Crippen molar-refractivity contribution in [1.29, 1.82) is 0 Å². The van der Waals surface area contributed by atoms with Crippen LogP contribution in [0.1, 0.15) is 41.3 Å². The predicted molar refractivity (Wildman–Crippen MR) is 62.3 cm³/mol. The van der Waals surface area contributed by atoms with Crippen molar-refractivity contribution in [3.05, 3.63) is 34.9 Å². The van der Waals surface area contributed by atoms with Gasteiger partial charge in [-0.1, -0.05) is 19.4 Å². The molecule has 0 aliphatic heterocycles. The minimum atomic E-state index is -0.354. The number of aryl methyl sites for hydroxylation is 1. The first kappa shape index (κ1) is 12.7. The van der Waals surface area contributed by atoms with Crippen LogP contribution in [0.3, 0.4) is 0 Å². The van der Waals surface area contributed by atoms with Crippen molar-refractivity contribution in [2.24, 2.45) is 0 Å². The number of aliphatic hydroxyl groups is 1. The summed E-state index contributed by atoms with van der Waals surface area (Å²) in [6, 6.07) is 5.43. The third-order valence-electron chi connectivity index (χ3n) is 2.48. The van der Waals surface area contributed by atoms with Gasteiger partial charge in [-0.05, 0) is 36.1 Å². The Hall–Kier alpha value is -1.35. The number of unbranched alkanes of at least 4 members (excludes halogenated alkanes) is 1. The molecule has 0 spiro atoms. The Bertz CT molecular complexity index is 358. The van der Waals surface area contributed by atoms with Gasteiger partial charge in [-0.3, -0.25) is 0 Å². The zero-order valence-corrected chi connectivity index (χ0v) is 9.82. The van der Waals surface area contributed by atoms with Crippen molar-refractivity contribution in [3.8, 4) is 0 Å². The van der Waals surface area contributed by atoms with E-state index in [0.29, 0.717) is 5.56 Å². The molecule has 0 radical (unpaired) electrons. The quantitative estimate of drug-likeness (QED) is 0.778. The number of esters is 1. The molecule has 0 unspecified atom stereocenters. The summed E-state index contributed by atoms with van der Waals surface area (Å²) < 4.78 is 4.67. The zero-order valence-electron chi connectivity index (χ0n) is 9.82. The highest BCUT2D eigenvalue weighted by Crippen LogP contribution is 2.14. The Morgan fingerprint density at radius 2 is 2.00 bits per heavy atom. The largest absolute Gasteiger partial charge is 0.465 e. The zero-order chi connectivity index (χ0) is 12.0. The fraction of sp³-hybridized carbons (Fsp3) is 0.462. The number of carbonyl (C=O) groups excluding carboxylic acids is 1. The van der Waals surface area contributed by atoms with Crippen LogP contribution in [0.2, 0.25) is 0 Å². The van der Waals surface area contributed by atoms with Crippen LogP contribution < -0.4 is 0 Å². The lowest BCUT2D eigenvalue weighted by Crippen LogP contribution is -2.03. The summed E-state index contributed by atoms with van der Waals surface area (Å²) in [5.74, 6) is -0.354. The van der Waals surface area contributed by atoms with Crippen molar-refractivity contribution >= 4 is 5.97 Å². The summed E-state index contributed by atoms with van der Waals surface area (Å²) in [6.07, 6.45) is 3.11. The molecule has 1 rings (SSSR count). The number of aliphatic hydroxyl groups excluding tert-OH is 1. The predicted octanol–water partition coefficient (Wildman–Crippen LogP) is 2.31. The average Bonchev–Trinajstić information content (AvgIpc) is 2.34. The minimum absolute atomic E-state index is 0.0516. The molecule has 0 aliphatic rings. The first-order valence-electron chi connectivity index (χ1n) is 5.53. The van der Waals surface area contributed by atoms with E-state index in [4.69, 9.17) is 5.11 Å². The SMILES string of the molecule is CCCCc1cc(CO)cc(C(=O)OC)c1. The Kier molecular flexibility index (Phi) is 4.99. The smallest absolute Gasteiger partial charge is 0.337 e. The second-order valence-corrected chi connectivity index (χ2v) is 3.79. The van der Waals surface area contributed by atoms with E-state index in [9.17, 15) is 4.79 Å². The molecule has 1 N–H and O–H groups in total. The number of hydrogen-bond acceptors (Lipinski definition) is 3. The van der Waals surface area contributed by atoms with Gasteiger partial charge >= 0.3 is 5.97 Å². The monoisotopic (exact) mass is 222 g/mol. The first-order chi connectivity index (χ1) is 7.71. The summed E-state index contributed by atoms with van der Waals surface area (Å²) >= 11 is 0. The molecule has 0 saturated heterocycles. The topological polar surface area (TPSA) is 46.5 Å². The highest BCUT2D eigenvalue weighted by molar-refractivity contribution is 5.89. The molecule has 0 saturated carbocycles. The minimum Gasteiger partial charge on any atom is -0.465 e. The molecule has 0 fully saturated rings. The van der Waals surface area contributed by atoms with E-state index in [2.05, 4.69) is 11.7 Å². The van der Waals surface area contributed by atoms with Crippen molar-refractivity contribution in [2.45, 2.75) is 32.8 Å². The van der Waals surface area contributed by atoms with E-state index in [1.54, 1.807) is 6.07 Å². The maximum absolute atomic E-state index is 11.4. The van der Waals surface area contributed by atoms with Crippen molar-refractivity contribution in [2.75, 3.05) is 7.11 Å². The standard InChI is InChI=1S/C13H18O3/c1-3-4-5-10-6-11(9-14)8-12(7-10)13(15)16-2/h6-8,14H,3-5,9H2,1-2H3. The lowest BCUT2D eigenvalue weighted by atomic mass is 10.0. The summed E-state index contributed by atoms with van der Waals surface area (Å²) in [7, 11) is 1.36. The van der Waals surface area contributed by atoms with Crippen molar-refractivity contribution in [1.82, 2.24) is 0 Å². The first-order valence-corrected chi connectivity index (χ1v) is 5.53. The van der Waals surface area contributed by atoms with Crippen molar-refractivity contribution < 1.29 is 14.6 Å². The number of methoxy groups -OCH3 is 1. The lowest BCUT2D eigenvalue weighted by Gasteiger charge is -2.07. The van der Waals surface area contributed by atoms with Crippen LogP contribution in [0.5, 0.6) is 0 Å². The second-order valence-electron chi connectivity index (χ2n) is 3.79. The van der Waals surface area contributed by atoms with Crippen LogP contribution in [-0.4, -0.2) is 18.2 Å². The van der Waals surface area contributed by atoms with E-state index in [1.165, 1.54) is 7.11 Å². The normalized spacial score (nSPS) is 10.2. The number of rotatable bonds is 5. The van der Waals surface area contributed by atoms with Crippen LogP contribution in [-0.2, 0) is 17.8 Å². The second kappa shape index (κ2) is 6.28. The van der Waals surface area contributed by atoms with Gasteiger partial charge in [-0.2, -0.15) is 0 Å². The third-order valence-corrected chi connectivity index (χ3v) is 2.48. The highest BCUT2D eigenvalue weighted by atomic mass is 16.5. The Morgan fingerprint density at radius 1 is 1.31 bits per heavy atom. The molecule has 1 aromatic rings. The van der Waals surface area contributed by atoms with Crippen LogP contribution in [0.15, 0.2) is 18.2 Å². The molecule has 16 heavy (non-hydrogen) atoms. The summed E-state index contributed by atoms with van der Waals surface area (Å²) in [6.45, 7) is 2.07. The summed E-state index contributed by atoms with van der Waals surface area (Å²) in [4.78, 5) is 11.4. The Balaban J connectivity index is 2.96. The van der Waals surface area contributed by atoms with Gasteiger partial charge < -0.3 is 9.84 Å². The number of hydrogen-bond donors (Lipinski definition) is 1. The van der Waals surface area contributed by atoms with Gasteiger partial charge in [-0.15, -0.1) is 0 Å². The fourth-order valence-corrected chi connectivity index (χ4v) is 1.61. The third kappa shape index (κ3) is 3.35. The van der Waals surface area contributed by atoms with E-state index in [-0.39, 0.29) is 12.6 Å². The molecule has 0 heterocycles. The average molecular weight is 222 g/mol. The summed E-state index contributed by atoms with van der Waals surface area (Å²) in [5, 5.41) is 9.11. The van der Waals surface area contributed by atoms with Gasteiger partial charge in [0.1, 0.15) is 0 Å². The van der Waals surface area contributed by atoms with Crippen LogP contribution in [0.4, 0.5) is 0 Å². The molecule has 3 nitrogen and oxygen atoms in total. The number of carbonyl (C=O) groups is 1. The van der Waals surface area contributed by atoms with Gasteiger partial charge in [0.15, 0.2) is 0 Å². The van der Waals surface area contributed by atoms with Crippen LogP contribution in [0.25, 0.3) is 0 Å². The molecule has 0 bridgehead atoms. The van der Waals surface area contributed by atoms with E-state index >= 15 is 0 Å². The summed E-state index contributed by atoms with van der Waals surface area (Å²) in [5.41, 5.74) is 2.35. The molecule has 3 heteroatoms. The lowest BCUT2D eigenvalue weighted by molar-refractivity contribution is 0.0600. The van der Waals surface area contributed by atoms with Gasteiger partial charge in [0, 0.05) is 0 Å². The van der Waals surface area contributed by atoms with Crippen LogP contribution >= 0.6 is 0 Å². The van der Waals surface area contributed by atoms with Gasteiger partial charge in [0.05, 0.1) is 19.3 Å². The molecule has 88 valence electrons. The Morgan fingerprint density at radius 3 is 2.56 bits per heavy atom. The van der Waals surface area contributed by atoms with Gasteiger partial charge in [0.2, 0.25) is 0 Å².